The topological polar surface area (TPSA) is 75.7 Å². The first-order valence-corrected chi connectivity index (χ1v) is 9.03. The van der Waals surface area contributed by atoms with Crippen molar-refractivity contribution >= 4 is 35.1 Å². The molecule has 0 bridgehead atoms. The molecule has 6 nitrogen and oxygen atoms in total. The quantitative estimate of drug-likeness (QED) is 0.794. The molecule has 8 heteroatoms. The number of carbonyl (C=O) groups excluding carboxylic acids is 3. The van der Waals surface area contributed by atoms with Crippen LogP contribution in [0.15, 0.2) is 18.2 Å². The average Bonchev–Trinajstić information content (AvgIpc) is 3.24. The predicted octanol–water partition coefficient (Wildman–Crippen LogP) is 2.75. The van der Waals surface area contributed by atoms with Crippen molar-refractivity contribution < 1.29 is 23.5 Å². The summed E-state index contributed by atoms with van der Waals surface area (Å²) in [7, 11) is 0. The number of halogens is 2. The van der Waals surface area contributed by atoms with Crippen LogP contribution in [0.5, 0.6) is 0 Å². The first kappa shape index (κ1) is 18.6. The summed E-state index contributed by atoms with van der Waals surface area (Å²) in [5, 5.41) is 2.51. The first-order chi connectivity index (χ1) is 12.4. The lowest BCUT2D eigenvalue weighted by atomic mass is 10.1. The molecular formula is C18H20ClFN2O4. The molecule has 140 valence electrons. The minimum atomic E-state index is -0.580. The first-order valence-electron chi connectivity index (χ1n) is 8.65. The van der Waals surface area contributed by atoms with Crippen LogP contribution in [0.1, 0.15) is 32.1 Å². The maximum Gasteiger partial charge on any atom is 0.311 e. The van der Waals surface area contributed by atoms with Crippen LogP contribution >= 0.6 is 11.6 Å². The van der Waals surface area contributed by atoms with E-state index in [0.29, 0.717) is 6.54 Å². The van der Waals surface area contributed by atoms with Crippen LogP contribution in [0.3, 0.4) is 0 Å². The van der Waals surface area contributed by atoms with E-state index in [0.717, 1.165) is 37.8 Å². The Morgan fingerprint density at radius 3 is 2.73 bits per heavy atom. The van der Waals surface area contributed by atoms with Gasteiger partial charge in [-0.05, 0) is 31.0 Å². The van der Waals surface area contributed by atoms with Crippen molar-refractivity contribution in [3.8, 4) is 0 Å². The number of nitrogens with zero attached hydrogens (tertiary/aromatic N) is 1. The van der Waals surface area contributed by atoms with E-state index in [9.17, 15) is 18.8 Å². The van der Waals surface area contributed by atoms with Crippen LogP contribution in [0, 0.1) is 11.7 Å². The molecular weight excluding hydrogens is 363 g/mol. The summed E-state index contributed by atoms with van der Waals surface area (Å²) in [6, 6.07) is 3.79. The molecule has 1 aliphatic carbocycles. The van der Waals surface area contributed by atoms with Crippen molar-refractivity contribution in [3.05, 3.63) is 29.0 Å². The standard InChI is InChI=1S/C18H20ClFN2O4/c19-14-8-12(20)5-6-15(14)21-16(23)10-26-18(25)11-7-17(24)22(9-11)13-3-1-2-4-13/h5-6,8,11,13H,1-4,7,9-10H2,(H,21,23)/t11-/m1/s1. The van der Waals surface area contributed by atoms with Crippen molar-refractivity contribution in [3.63, 3.8) is 0 Å². The van der Waals surface area contributed by atoms with Crippen LogP contribution in [0.2, 0.25) is 5.02 Å². The lowest BCUT2D eigenvalue weighted by Crippen LogP contribution is -2.35. The molecule has 2 amide bonds. The number of amides is 2. The molecule has 2 fully saturated rings. The molecule has 0 spiro atoms. The number of nitrogens with one attached hydrogen (secondary N) is 1. The zero-order chi connectivity index (χ0) is 18.7. The molecule has 1 aliphatic heterocycles. The second kappa shape index (κ2) is 8.03. The van der Waals surface area contributed by atoms with E-state index in [-0.39, 0.29) is 29.1 Å². The molecule has 1 aromatic carbocycles. The van der Waals surface area contributed by atoms with E-state index >= 15 is 0 Å². The van der Waals surface area contributed by atoms with Crippen LogP contribution in [0.25, 0.3) is 0 Å². The molecule has 0 unspecified atom stereocenters. The number of hydrogen-bond acceptors (Lipinski definition) is 4. The highest BCUT2D eigenvalue weighted by Crippen LogP contribution is 2.30. The molecule has 1 aromatic rings. The van der Waals surface area contributed by atoms with Crippen LogP contribution < -0.4 is 5.32 Å². The van der Waals surface area contributed by atoms with Gasteiger partial charge in [0.05, 0.1) is 16.6 Å². The van der Waals surface area contributed by atoms with E-state index in [2.05, 4.69) is 5.32 Å². The summed E-state index contributed by atoms with van der Waals surface area (Å²) in [4.78, 5) is 37.9. The Kier molecular flexibility index (Phi) is 5.76. The SMILES string of the molecule is O=C(COC(=O)[C@@H]1CC(=O)N(C2CCCC2)C1)Nc1ccc(F)cc1Cl. The van der Waals surface area contributed by atoms with Crippen molar-refractivity contribution in [2.75, 3.05) is 18.5 Å². The van der Waals surface area contributed by atoms with Gasteiger partial charge in [0.1, 0.15) is 5.82 Å². The van der Waals surface area contributed by atoms with E-state index < -0.39 is 30.2 Å². The van der Waals surface area contributed by atoms with E-state index in [1.54, 1.807) is 4.90 Å². The molecule has 0 aromatic heterocycles. The van der Waals surface area contributed by atoms with Gasteiger partial charge in [-0.1, -0.05) is 24.4 Å². The van der Waals surface area contributed by atoms with Gasteiger partial charge in [-0.25, -0.2) is 4.39 Å². The summed E-state index contributed by atoms with van der Waals surface area (Å²) in [5.74, 6) is -2.22. The second-order valence-corrected chi connectivity index (χ2v) is 7.07. The molecule has 3 rings (SSSR count). The van der Waals surface area contributed by atoms with Gasteiger partial charge in [0, 0.05) is 19.0 Å². The fraction of sp³-hybridized carbons (Fsp3) is 0.500. The molecule has 1 N–H and O–H groups in total. The summed E-state index contributed by atoms with van der Waals surface area (Å²) < 4.78 is 18.0. The minimum absolute atomic E-state index is 0.0265. The number of likely N-dealkylation sites (tertiary alicyclic amines) is 1. The normalized spacial score (nSPS) is 20.5. The second-order valence-electron chi connectivity index (χ2n) is 6.67. The van der Waals surface area contributed by atoms with Gasteiger partial charge in [0.15, 0.2) is 6.61 Å². The van der Waals surface area contributed by atoms with Crippen molar-refractivity contribution in [2.45, 2.75) is 38.1 Å². The van der Waals surface area contributed by atoms with Crippen molar-refractivity contribution in [1.82, 2.24) is 4.90 Å². The smallest absolute Gasteiger partial charge is 0.311 e. The summed E-state index contributed by atoms with van der Waals surface area (Å²) >= 11 is 5.83. The lowest BCUT2D eigenvalue weighted by molar-refractivity contribution is -0.151. The van der Waals surface area contributed by atoms with Gasteiger partial charge in [0.2, 0.25) is 5.91 Å². The van der Waals surface area contributed by atoms with Crippen LogP contribution in [0.4, 0.5) is 10.1 Å². The number of rotatable bonds is 5. The minimum Gasteiger partial charge on any atom is -0.455 e. The largest absolute Gasteiger partial charge is 0.455 e. The summed E-state index contributed by atoms with van der Waals surface area (Å²) in [5.41, 5.74) is 0.234. The number of benzene rings is 1. The van der Waals surface area contributed by atoms with Crippen molar-refractivity contribution in [1.29, 1.82) is 0 Å². The molecule has 1 saturated heterocycles. The molecule has 0 radical (unpaired) electrons. The van der Waals surface area contributed by atoms with Gasteiger partial charge in [0.25, 0.3) is 5.91 Å². The number of ether oxygens (including phenoxy) is 1. The van der Waals surface area contributed by atoms with E-state index in [1.165, 1.54) is 6.07 Å². The van der Waals surface area contributed by atoms with E-state index in [1.807, 2.05) is 0 Å². The zero-order valence-corrected chi connectivity index (χ0v) is 14.9. The van der Waals surface area contributed by atoms with Gasteiger partial charge >= 0.3 is 5.97 Å². The number of esters is 1. The van der Waals surface area contributed by atoms with Gasteiger partial charge in [-0.15, -0.1) is 0 Å². The highest BCUT2D eigenvalue weighted by Gasteiger charge is 2.39. The molecule has 1 saturated carbocycles. The Bertz CT molecular complexity index is 721. The monoisotopic (exact) mass is 382 g/mol. The maximum atomic E-state index is 13.0. The number of carbonyl (C=O) groups is 3. The Morgan fingerprint density at radius 2 is 2.04 bits per heavy atom. The third-order valence-electron chi connectivity index (χ3n) is 4.81. The van der Waals surface area contributed by atoms with Gasteiger partial charge < -0.3 is 15.0 Å². The van der Waals surface area contributed by atoms with Crippen molar-refractivity contribution in [2.24, 2.45) is 5.92 Å². The zero-order valence-electron chi connectivity index (χ0n) is 14.2. The predicted molar refractivity (Wildman–Crippen MR) is 93.1 cm³/mol. The summed E-state index contributed by atoms with van der Waals surface area (Å²) in [6.45, 7) is -0.131. The highest BCUT2D eigenvalue weighted by atomic mass is 35.5. The summed E-state index contributed by atoms with van der Waals surface area (Å²) in [6.07, 6.45) is 4.30. The third-order valence-corrected chi connectivity index (χ3v) is 5.12. The Balaban J connectivity index is 1.47. The molecule has 1 heterocycles. The Hall–Kier alpha value is -2.15. The number of anilines is 1. The van der Waals surface area contributed by atoms with E-state index in [4.69, 9.17) is 16.3 Å². The molecule has 1 atom stereocenters. The van der Waals surface area contributed by atoms with Gasteiger partial charge in [-0.2, -0.15) is 0 Å². The maximum absolute atomic E-state index is 13.0. The molecule has 2 aliphatic rings. The fourth-order valence-corrected chi connectivity index (χ4v) is 3.70. The Labute approximate surface area is 155 Å². The highest BCUT2D eigenvalue weighted by molar-refractivity contribution is 6.33. The average molecular weight is 383 g/mol. The van der Waals surface area contributed by atoms with Crippen LogP contribution in [-0.2, 0) is 19.1 Å². The third kappa shape index (κ3) is 4.33. The Morgan fingerprint density at radius 1 is 1.31 bits per heavy atom. The lowest BCUT2D eigenvalue weighted by Gasteiger charge is -2.23. The van der Waals surface area contributed by atoms with Crippen LogP contribution in [-0.4, -0.2) is 41.9 Å². The molecule has 26 heavy (non-hydrogen) atoms. The number of hydrogen-bond donors (Lipinski definition) is 1. The fourth-order valence-electron chi connectivity index (χ4n) is 3.49. The van der Waals surface area contributed by atoms with Gasteiger partial charge in [-0.3, -0.25) is 14.4 Å².